The average molecular weight is 346 g/mol. The Morgan fingerprint density at radius 3 is 3.00 bits per heavy atom. The van der Waals surface area contributed by atoms with Gasteiger partial charge in [-0.2, -0.15) is 5.10 Å². The number of fused-ring (bicyclic) bond motifs is 1. The van der Waals surface area contributed by atoms with E-state index in [-0.39, 0.29) is 11.9 Å². The first-order valence-electron chi connectivity index (χ1n) is 8.36. The Kier molecular flexibility index (Phi) is 4.76. The molecule has 1 atom stereocenters. The number of carbonyl (C=O) groups is 1. The minimum atomic E-state index is -0.564. The maximum atomic E-state index is 13.3. The zero-order chi connectivity index (χ0) is 18.0. The van der Waals surface area contributed by atoms with Crippen LogP contribution in [0.15, 0.2) is 24.4 Å². The molecule has 1 aromatic carbocycles. The normalized spacial score (nSPS) is 16.6. The van der Waals surface area contributed by atoms with Crippen molar-refractivity contribution in [3.8, 4) is 0 Å². The summed E-state index contributed by atoms with van der Waals surface area (Å²) in [5.74, 6) is 0.317. The molecule has 0 fully saturated rings. The van der Waals surface area contributed by atoms with Crippen LogP contribution in [0.2, 0.25) is 0 Å². The highest BCUT2D eigenvalue weighted by Gasteiger charge is 2.23. The number of nitrogens with one attached hydrogen (secondary N) is 3. The number of benzene rings is 1. The maximum absolute atomic E-state index is 13.3. The first kappa shape index (κ1) is 17.4. The quantitative estimate of drug-likeness (QED) is 0.789. The van der Waals surface area contributed by atoms with Crippen LogP contribution >= 0.6 is 0 Å². The summed E-state index contributed by atoms with van der Waals surface area (Å²) in [6.07, 6.45) is 2.92. The number of H-pyrrole nitrogens is 1. The lowest BCUT2D eigenvalue weighted by Crippen LogP contribution is -2.28. The number of ether oxygens (including phenoxy) is 1. The molecule has 3 rings (SSSR count). The van der Waals surface area contributed by atoms with E-state index in [1.807, 2.05) is 26.8 Å². The van der Waals surface area contributed by atoms with Crippen LogP contribution in [0, 0.1) is 5.82 Å². The minimum absolute atomic E-state index is 0.167. The number of anilines is 1. The Morgan fingerprint density at radius 1 is 1.44 bits per heavy atom. The molecule has 0 spiro atoms. The van der Waals surface area contributed by atoms with E-state index in [1.165, 1.54) is 6.07 Å². The third-order valence-corrected chi connectivity index (χ3v) is 4.07. The van der Waals surface area contributed by atoms with E-state index in [0.29, 0.717) is 12.4 Å². The topological polar surface area (TPSA) is 79.0 Å². The Balaban J connectivity index is 1.61. The van der Waals surface area contributed by atoms with Gasteiger partial charge >= 0.3 is 6.09 Å². The molecule has 0 radical (unpaired) electrons. The van der Waals surface area contributed by atoms with Gasteiger partial charge in [0.05, 0.1) is 6.20 Å². The molecule has 3 N–H and O–H groups in total. The summed E-state index contributed by atoms with van der Waals surface area (Å²) in [7, 11) is 0. The largest absolute Gasteiger partial charge is 0.444 e. The molecule has 1 amide bonds. The van der Waals surface area contributed by atoms with Crippen LogP contribution in [0.4, 0.5) is 15.0 Å². The van der Waals surface area contributed by atoms with Crippen molar-refractivity contribution in [1.82, 2.24) is 15.5 Å². The van der Waals surface area contributed by atoms with Crippen LogP contribution in [0.3, 0.4) is 0 Å². The van der Waals surface area contributed by atoms with Crippen LogP contribution in [-0.4, -0.2) is 21.9 Å². The van der Waals surface area contributed by atoms with Gasteiger partial charge in [-0.1, -0.05) is 6.07 Å². The molecule has 7 heteroatoms. The number of hydrogen-bond acceptors (Lipinski definition) is 4. The number of hydrogen-bond donors (Lipinski definition) is 3. The summed E-state index contributed by atoms with van der Waals surface area (Å²) < 4.78 is 18.6. The average Bonchev–Trinajstić information content (AvgIpc) is 3.09. The molecule has 1 aromatic heterocycles. The van der Waals surface area contributed by atoms with E-state index in [4.69, 9.17) is 4.74 Å². The second-order valence-electron chi connectivity index (χ2n) is 7.21. The van der Waals surface area contributed by atoms with E-state index in [1.54, 1.807) is 12.3 Å². The number of aromatic nitrogens is 2. The number of rotatable bonds is 4. The van der Waals surface area contributed by atoms with Crippen molar-refractivity contribution in [3.05, 3.63) is 46.9 Å². The molecule has 0 aliphatic heterocycles. The van der Waals surface area contributed by atoms with E-state index in [2.05, 4.69) is 20.8 Å². The monoisotopic (exact) mass is 346 g/mol. The fourth-order valence-electron chi connectivity index (χ4n) is 2.99. The maximum Gasteiger partial charge on any atom is 0.413 e. The first-order valence-corrected chi connectivity index (χ1v) is 8.36. The predicted octanol–water partition coefficient (Wildman–Crippen LogP) is 3.67. The summed E-state index contributed by atoms with van der Waals surface area (Å²) in [5.41, 5.74) is 2.45. The zero-order valence-electron chi connectivity index (χ0n) is 14.6. The minimum Gasteiger partial charge on any atom is -0.444 e. The van der Waals surface area contributed by atoms with Crippen molar-refractivity contribution in [3.63, 3.8) is 0 Å². The van der Waals surface area contributed by atoms with Gasteiger partial charge in [0.15, 0.2) is 0 Å². The predicted molar refractivity (Wildman–Crippen MR) is 92.7 cm³/mol. The molecule has 1 aliphatic rings. The van der Waals surface area contributed by atoms with Gasteiger partial charge in [0.2, 0.25) is 0 Å². The fraction of sp³-hybridized carbons (Fsp3) is 0.444. The van der Waals surface area contributed by atoms with Crippen LogP contribution in [0.1, 0.15) is 49.9 Å². The Labute approximate surface area is 146 Å². The summed E-state index contributed by atoms with van der Waals surface area (Å²) in [6.45, 7) is 5.95. The summed E-state index contributed by atoms with van der Waals surface area (Å²) in [4.78, 5) is 11.9. The molecular formula is C18H23FN4O2. The lowest BCUT2D eigenvalue weighted by atomic mass is 10.1. The fourth-order valence-corrected chi connectivity index (χ4v) is 2.99. The van der Waals surface area contributed by atoms with Crippen molar-refractivity contribution in [1.29, 1.82) is 0 Å². The standard InChI is InChI=1S/C18H23FN4O2/c1-18(2,3)25-17(24)22-16-12(10-21-23-16)9-20-15-7-4-11-8-13(19)5-6-14(11)15/h5-6,8,10,15,20H,4,7,9H2,1-3H3,(H2,21,22,23,24). The molecular weight excluding hydrogens is 323 g/mol. The van der Waals surface area contributed by atoms with Crippen molar-refractivity contribution in [2.75, 3.05) is 5.32 Å². The summed E-state index contributed by atoms with van der Waals surface area (Å²) in [6, 6.07) is 5.10. The van der Waals surface area contributed by atoms with Crippen LogP contribution < -0.4 is 10.6 Å². The lowest BCUT2D eigenvalue weighted by Gasteiger charge is -2.19. The number of aryl methyl sites for hydroxylation is 1. The Hall–Kier alpha value is -2.41. The molecule has 2 aromatic rings. The number of amides is 1. The third kappa shape index (κ3) is 4.36. The first-order chi connectivity index (χ1) is 11.8. The smallest absolute Gasteiger partial charge is 0.413 e. The van der Waals surface area contributed by atoms with Gasteiger partial charge in [-0.3, -0.25) is 10.4 Å². The van der Waals surface area contributed by atoms with Gasteiger partial charge in [-0.05, 0) is 56.9 Å². The van der Waals surface area contributed by atoms with Gasteiger partial charge in [-0.25, -0.2) is 9.18 Å². The second kappa shape index (κ2) is 6.84. The molecule has 25 heavy (non-hydrogen) atoms. The van der Waals surface area contributed by atoms with Crippen LogP contribution in [0.5, 0.6) is 0 Å². The number of carbonyl (C=O) groups excluding carboxylic acids is 1. The molecule has 1 aliphatic carbocycles. The van der Waals surface area contributed by atoms with E-state index in [9.17, 15) is 9.18 Å². The van der Waals surface area contributed by atoms with Gasteiger partial charge in [0, 0.05) is 18.2 Å². The summed E-state index contributed by atoms with van der Waals surface area (Å²) in [5, 5.41) is 12.9. The molecule has 1 heterocycles. The summed E-state index contributed by atoms with van der Waals surface area (Å²) >= 11 is 0. The number of aromatic amines is 1. The molecule has 134 valence electrons. The van der Waals surface area contributed by atoms with Crippen molar-refractivity contribution >= 4 is 11.9 Å². The van der Waals surface area contributed by atoms with Gasteiger partial charge < -0.3 is 10.1 Å². The van der Waals surface area contributed by atoms with E-state index in [0.717, 1.165) is 29.5 Å². The van der Waals surface area contributed by atoms with Crippen LogP contribution in [-0.2, 0) is 17.7 Å². The van der Waals surface area contributed by atoms with Gasteiger partial charge in [-0.15, -0.1) is 0 Å². The third-order valence-electron chi connectivity index (χ3n) is 4.07. The Bertz CT molecular complexity index is 767. The van der Waals surface area contributed by atoms with Crippen molar-refractivity contribution in [2.45, 2.75) is 51.8 Å². The van der Waals surface area contributed by atoms with E-state index < -0.39 is 11.7 Å². The molecule has 0 saturated heterocycles. The SMILES string of the molecule is CC(C)(C)OC(=O)Nc1[nH]ncc1CNC1CCc2cc(F)ccc21. The van der Waals surface area contributed by atoms with Gasteiger partial charge in [0.25, 0.3) is 0 Å². The highest BCUT2D eigenvalue weighted by atomic mass is 19.1. The molecule has 0 saturated carbocycles. The zero-order valence-corrected chi connectivity index (χ0v) is 14.6. The second-order valence-corrected chi connectivity index (χ2v) is 7.21. The highest BCUT2D eigenvalue weighted by Crippen LogP contribution is 2.32. The van der Waals surface area contributed by atoms with Crippen molar-refractivity contribution < 1.29 is 13.9 Å². The Morgan fingerprint density at radius 2 is 2.24 bits per heavy atom. The van der Waals surface area contributed by atoms with E-state index >= 15 is 0 Å². The lowest BCUT2D eigenvalue weighted by molar-refractivity contribution is 0.0635. The number of nitrogens with zero attached hydrogens (tertiary/aromatic N) is 1. The number of halogens is 1. The molecule has 6 nitrogen and oxygen atoms in total. The van der Waals surface area contributed by atoms with Crippen molar-refractivity contribution in [2.24, 2.45) is 0 Å². The van der Waals surface area contributed by atoms with Gasteiger partial charge in [0.1, 0.15) is 17.2 Å². The van der Waals surface area contributed by atoms with Crippen LogP contribution in [0.25, 0.3) is 0 Å². The highest BCUT2D eigenvalue weighted by molar-refractivity contribution is 5.84. The molecule has 0 bridgehead atoms. The molecule has 1 unspecified atom stereocenters.